The van der Waals surface area contributed by atoms with E-state index in [1.165, 1.54) is 12.1 Å². The fraction of sp³-hybridized carbons (Fsp3) is 0.250. The molecule has 1 unspecified atom stereocenters. The molecule has 0 bridgehead atoms. The number of benzene rings is 2. The highest BCUT2D eigenvalue weighted by molar-refractivity contribution is 6.31. The first-order valence-electron chi connectivity index (χ1n) is 6.55. The minimum absolute atomic E-state index is 0.0269. The molecule has 1 atom stereocenters. The van der Waals surface area contributed by atoms with Gasteiger partial charge in [0.1, 0.15) is 11.6 Å². The molecule has 0 fully saturated rings. The van der Waals surface area contributed by atoms with Crippen LogP contribution in [0, 0.1) is 11.6 Å². The second-order valence-corrected chi connectivity index (χ2v) is 5.66. The van der Waals surface area contributed by atoms with Gasteiger partial charge < -0.3 is 5.32 Å². The van der Waals surface area contributed by atoms with Gasteiger partial charge in [-0.15, -0.1) is 0 Å². The topological polar surface area (TPSA) is 12.0 Å². The van der Waals surface area contributed by atoms with Crippen LogP contribution < -0.4 is 5.32 Å². The number of rotatable bonds is 5. The van der Waals surface area contributed by atoms with E-state index in [9.17, 15) is 8.78 Å². The normalized spacial score (nSPS) is 12.4. The van der Waals surface area contributed by atoms with Gasteiger partial charge in [0.05, 0.1) is 5.02 Å². The zero-order valence-corrected chi connectivity index (χ0v) is 13.0. The summed E-state index contributed by atoms with van der Waals surface area (Å²) >= 11 is 11.8. The summed E-state index contributed by atoms with van der Waals surface area (Å²) in [5.41, 5.74) is 1.36. The van der Waals surface area contributed by atoms with E-state index in [4.69, 9.17) is 23.2 Å². The van der Waals surface area contributed by atoms with Gasteiger partial charge in [-0.2, -0.15) is 0 Å². The van der Waals surface area contributed by atoms with Crippen LogP contribution in [0.4, 0.5) is 8.78 Å². The van der Waals surface area contributed by atoms with E-state index in [-0.39, 0.29) is 16.9 Å². The summed E-state index contributed by atoms with van der Waals surface area (Å²) in [5, 5.41) is 3.62. The van der Waals surface area contributed by atoms with Gasteiger partial charge in [-0.1, -0.05) is 35.3 Å². The van der Waals surface area contributed by atoms with Gasteiger partial charge in [-0.05, 0) is 49.7 Å². The standard InChI is InChI=1S/C16H15Cl2F2N/c1-21-11(7-10-5-6-16(20)14(18)8-10)9-12-13(17)3-2-4-15(12)19/h2-6,8,11,21H,7,9H2,1H3. The lowest BCUT2D eigenvalue weighted by atomic mass is 9.98. The quantitative estimate of drug-likeness (QED) is 0.842. The van der Waals surface area contributed by atoms with Gasteiger partial charge in [0.15, 0.2) is 0 Å². The molecule has 0 aliphatic rings. The summed E-state index contributed by atoms with van der Waals surface area (Å²) in [6.45, 7) is 0. The Morgan fingerprint density at radius 2 is 1.76 bits per heavy atom. The molecule has 0 aliphatic heterocycles. The minimum Gasteiger partial charge on any atom is -0.316 e. The average molecular weight is 330 g/mol. The summed E-state index contributed by atoms with van der Waals surface area (Å²) in [6.07, 6.45) is 1.04. The maximum Gasteiger partial charge on any atom is 0.141 e. The predicted molar refractivity (Wildman–Crippen MR) is 83.1 cm³/mol. The molecule has 21 heavy (non-hydrogen) atoms. The first-order chi connectivity index (χ1) is 10.0. The second kappa shape index (κ2) is 7.21. The number of nitrogens with one attached hydrogen (secondary N) is 1. The third kappa shape index (κ3) is 4.16. The molecule has 0 aliphatic carbocycles. The van der Waals surface area contributed by atoms with Gasteiger partial charge in [0, 0.05) is 16.6 Å². The molecule has 1 N–H and O–H groups in total. The summed E-state index contributed by atoms with van der Waals surface area (Å²) < 4.78 is 27.0. The summed E-state index contributed by atoms with van der Waals surface area (Å²) in [7, 11) is 1.80. The Hall–Kier alpha value is -1.16. The van der Waals surface area contributed by atoms with Crippen LogP contribution in [-0.2, 0) is 12.8 Å². The van der Waals surface area contributed by atoms with Gasteiger partial charge in [0.25, 0.3) is 0 Å². The van der Waals surface area contributed by atoms with E-state index < -0.39 is 5.82 Å². The lowest BCUT2D eigenvalue weighted by Crippen LogP contribution is -2.30. The monoisotopic (exact) mass is 329 g/mol. The molecule has 0 amide bonds. The lowest BCUT2D eigenvalue weighted by Gasteiger charge is -2.18. The number of hydrogen-bond acceptors (Lipinski definition) is 1. The SMILES string of the molecule is CNC(Cc1ccc(F)c(Cl)c1)Cc1c(F)cccc1Cl. The van der Waals surface area contributed by atoms with Crippen LogP contribution in [0.2, 0.25) is 10.0 Å². The van der Waals surface area contributed by atoms with E-state index in [1.807, 2.05) is 0 Å². The Kier molecular flexibility index (Phi) is 5.57. The Labute approximate surface area is 132 Å². The molecule has 1 nitrogen and oxygen atoms in total. The highest BCUT2D eigenvalue weighted by Gasteiger charge is 2.15. The van der Waals surface area contributed by atoms with E-state index in [2.05, 4.69) is 5.32 Å². The lowest BCUT2D eigenvalue weighted by molar-refractivity contribution is 0.531. The van der Waals surface area contributed by atoms with Crippen molar-refractivity contribution in [1.82, 2.24) is 5.32 Å². The zero-order chi connectivity index (χ0) is 15.4. The Morgan fingerprint density at radius 3 is 2.38 bits per heavy atom. The Bertz CT molecular complexity index is 611. The van der Waals surface area contributed by atoms with Crippen LogP contribution >= 0.6 is 23.2 Å². The largest absolute Gasteiger partial charge is 0.316 e. The van der Waals surface area contributed by atoms with Crippen molar-refractivity contribution in [3.05, 3.63) is 69.2 Å². The van der Waals surface area contributed by atoms with Crippen molar-refractivity contribution < 1.29 is 8.78 Å². The molecule has 0 aromatic heterocycles. The number of hydrogen-bond donors (Lipinski definition) is 1. The van der Waals surface area contributed by atoms with Crippen molar-refractivity contribution in [2.24, 2.45) is 0 Å². The van der Waals surface area contributed by atoms with E-state index >= 15 is 0 Å². The second-order valence-electron chi connectivity index (χ2n) is 4.84. The molecule has 0 radical (unpaired) electrons. The molecular formula is C16H15Cl2F2N. The molecule has 5 heteroatoms. The minimum atomic E-state index is -0.446. The Morgan fingerprint density at radius 1 is 1.00 bits per heavy atom. The van der Waals surface area contributed by atoms with Crippen LogP contribution in [-0.4, -0.2) is 13.1 Å². The van der Waals surface area contributed by atoms with Crippen LogP contribution in [0.5, 0.6) is 0 Å². The molecular weight excluding hydrogens is 315 g/mol. The van der Waals surface area contributed by atoms with Crippen LogP contribution in [0.3, 0.4) is 0 Å². The first-order valence-corrected chi connectivity index (χ1v) is 7.31. The fourth-order valence-corrected chi connectivity index (χ4v) is 2.64. The molecule has 2 rings (SSSR count). The summed E-state index contributed by atoms with van der Waals surface area (Å²) in [5.74, 6) is -0.765. The molecule has 0 saturated carbocycles. The zero-order valence-electron chi connectivity index (χ0n) is 11.5. The van der Waals surface area contributed by atoms with Gasteiger partial charge in [-0.25, -0.2) is 8.78 Å². The van der Waals surface area contributed by atoms with E-state index in [1.54, 1.807) is 31.3 Å². The van der Waals surface area contributed by atoms with Crippen molar-refractivity contribution in [3.8, 4) is 0 Å². The van der Waals surface area contributed by atoms with Crippen molar-refractivity contribution in [2.45, 2.75) is 18.9 Å². The van der Waals surface area contributed by atoms with Crippen LogP contribution in [0.15, 0.2) is 36.4 Å². The van der Waals surface area contributed by atoms with Crippen molar-refractivity contribution in [2.75, 3.05) is 7.05 Å². The highest BCUT2D eigenvalue weighted by atomic mass is 35.5. The third-order valence-electron chi connectivity index (χ3n) is 3.39. The summed E-state index contributed by atoms with van der Waals surface area (Å²) in [6, 6.07) is 9.21. The van der Waals surface area contributed by atoms with Crippen molar-refractivity contribution >= 4 is 23.2 Å². The molecule has 0 spiro atoms. The summed E-state index contributed by atoms with van der Waals surface area (Å²) in [4.78, 5) is 0. The number of halogens is 4. The third-order valence-corrected chi connectivity index (χ3v) is 4.03. The van der Waals surface area contributed by atoms with Gasteiger partial charge >= 0.3 is 0 Å². The first kappa shape index (κ1) is 16.2. The van der Waals surface area contributed by atoms with Crippen molar-refractivity contribution in [3.63, 3.8) is 0 Å². The van der Waals surface area contributed by atoms with Gasteiger partial charge in [-0.3, -0.25) is 0 Å². The molecule has 0 heterocycles. The molecule has 0 saturated heterocycles. The van der Waals surface area contributed by atoms with Gasteiger partial charge in [0.2, 0.25) is 0 Å². The van der Waals surface area contributed by atoms with Crippen molar-refractivity contribution in [1.29, 1.82) is 0 Å². The Balaban J connectivity index is 2.15. The molecule has 112 valence electrons. The smallest absolute Gasteiger partial charge is 0.141 e. The van der Waals surface area contributed by atoms with Crippen LogP contribution in [0.1, 0.15) is 11.1 Å². The fourth-order valence-electron chi connectivity index (χ4n) is 2.20. The number of likely N-dealkylation sites (N-methyl/N-ethyl adjacent to an activating group) is 1. The molecule has 2 aromatic rings. The van der Waals surface area contributed by atoms with E-state index in [0.29, 0.717) is 23.4 Å². The maximum absolute atomic E-state index is 13.8. The van der Waals surface area contributed by atoms with E-state index in [0.717, 1.165) is 5.56 Å². The average Bonchev–Trinajstić information content (AvgIpc) is 2.45. The molecule has 2 aromatic carbocycles. The maximum atomic E-state index is 13.8. The predicted octanol–water partition coefficient (Wildman–Crippen LogP) is 4.64. The highest BCUT2D eigenvalue weighted by Crippen LogP contribution is 2.22. The van der Waals surface area contributed by atoms with Crippen LogP contribution in [0.25, 0.3) is 0 Å².